The topological polar surface area (TPSA) is 3.24 Å². The Bertz CT molecular complexity index is 1410. The summed E-state index contributed by atoms with van der Waals surface area (Å²) in [5, 5.41) is 7.84. The predicted octanol–water partition coefficient (Wildman–Crippen LogP) is 9.03. The number of halogens is 2. The van der Waals surface area contributed by atoms with Crippen molar-refractivity contribution in [3.05, 3.63) is 96.6 Å². The SMILES string of the molecule is CCN(CCSCCCl)Cc1ccc(-c2c3ccccc3cc3c2ccc2ccccc23)cc1.Cl. The Balaban J connectivity index is 0.00000289. The van der Waals surface area contributed by atoms with Crippen LogP contribution in [0.25, 0.3) is 43.4 Å². The highest BCUT2D eigenvalue weighted by molar-refractivity contribution is 7.99. The van der Waals surface area contributed by atoms with Gasteiger partial charge in [-0.15, -0.1) is 24.0 Å². The molecule has 0 unspecified atom stereocenters. The van der Waals surface area contributed by atoms with Gasteiger partial charge in [-0.1, -0.05) is 91.9 Å². The van der Waals surface area contributed by atoms with E-state index >= 15 is 0 Å². The molecule has 4 heteroatoms. The number of thioether (sulfide) groups is 1. The van der Waals surface area contributed by atoms with Gasteiger partial charge in [0, 0.05) is 30.5 Å². The fraction of sp³-hybridized carbons (Fsp3) is 0.226. The molecule has 0 saturated heterocycles. The number of hydrogen-bond donors (Lipinski definition) is 0. The third-order valence-corrected chi connectivity index (χ3v) is 8.02. The molecule has 0 aromatic heterocycles. The summed E-state index contributed by atoms with van der Waals surface area (Å²) in [6.07, 6.45) is 0. The summed E-state index contributed by atoms with van der Waals surface area (Å²) < 4.78 is 0. The average molecular weight is 521 g/mol. The number of alkyl halides is 1. The van der Waals surface area contributed by atoms with Crippen molar-refractivity contribution in [2.24, 2.45) is 0 Å². The van der Waals surface area contributed by atoms with Gasteiger partial charge in [0.1, 0.15) is 0 Å². The van der Waals surface area contributed by atoms with Crippen LogP contribution in [0.4, 0.5) is 0 Å². The minimum Gasteiger partial charge on any atom is -0.299 e. The van der Waals surface area contributed by atoms with Crippen LogP contribution < -0.4 is 0 Å². The zero-order valence-corrected chi connectivity index (χ0v) is 22.4. The van der Waals surface area contributed by atoms with Gasteiger partial charge in [-0.05, 0) is 61.6 Å². The molecule has 5 rings (SSSR count). The lowest BCUT2D eigenvalue weighted by Crippen LogP contribution is -2.25. The zero-order valence-electron chi connectivity index (χ0n) is 20.0. The lowest BCUT2D eigenvalue weighted by atomic mass is 9.89. The standard InChI is InChI=1S/C31H30ClNS.ClH/c1-2-33(18-20-34-19-17-32)22-23-11-13-25(14-12-23)31-28-10-6-4-8-26(28)21-30-27-9-5-3-7-24(27)15-16-29(30)31;/h3-16,21H,2,17-20,22H2,1H3;1H. The van der Waals surface area contributed by atoms with E-state index in [1.807, 2.05) is 11.8 Å². The molecule has 5 aromatic rings. The van der Waals surface area contributed by atoms with E-state index in [0.717, 1.165) is 37.0 Å². The molecule has 0 aliphatic heterocycles. The quantitative estimate of drug-likeness (QED) is 0.0826. The van der Waals surface area contributed by atoms with Crippen molar-refractivity contribution in [1.82, 2.24) is 4.90 Å². The van der Waals surface area contributed by atoms with Crippen molar-refractivity contribution in [3.8, 4) is 11.1 Å². The van der Waals surface area contributed by atoms with Gasteiger partial charge in [-0.25, -0.2) is 0 Å². The van der Waals surface area contributed by atoms with Crippen molar-refractivity contribution in [2.45, 2.75) is 13.5 Å². The third kappa shape index (κ3) is 5.62. The second-order valence-electron chi connectivity index (χ2n) is 8.72. The Morgan fingerprint density at radius 3 is 2.17 bits per heavy atom. The van der Waals surface area contributed by atoms with E-state index < -0.39 is 0 Å². The highest BCUT2D eigenvalue weighted by Crippen LogP contribution is 2.39. The molecule has 0 N–H and O–H groups in total. The van der Waals surface area contributed by atoms with Crippen LogP contribution in [0.2, 0.25) is 0 Å². The fourth-order valence-electron chi connectivity index (χ4n) is 4.87. The number of benzene rings is 5. The maximum Gasteiger partial charge on any atom is 0.0314 e. The molecule has 0 saturated carbocycles. The summed E-state index contributed by atoms with van der Waals surface area (Å²) in [4.78, 5) is 2.51. The minimum absolute atomic E-state index is 0. The molecule has 5 aromatic carbocycles. The first-order chi connectivity index (χ1) is 16.8. The zero-order chi connectivity index (χ0) is 23.3. The molecule has 0 aliphatic carbocycles. The smallest absolute Gasteiger partial charge is 0.0314 e. The van der Waals surface area contributed by atoms with E-state index in [4.69, 9.17) is 11.6 Å². The summed E-state index contributed by atoms with van der Waals surface area (Å²) in [6.45, 7) is 5.39. The van der Waals surface area contributed by atoms with Crippen LogP contribution in [0.3, 0.4) is 0 Å². The van der Waals surface area contributed by atoms with Crippen molar-refractivity contribution in [2.75, 3.05) is 30.5 Å². The number of fused-ring (bicyclic) bond motifs is 4. The van der Waals surface area contributed by atoms with Gasteiger partial charge in [-0.2, -0.15) is 11.8 Å². The molecule has 0 bridgehead atoms. The Morgan fingerprint density at radius 2 is 1.43 bits per heavy atom. The summed E-state index contributed by atoms with van der Waals surface area (Å²) >= 11 is 7.75. The monoisotopic (exact) mass is 519 g/mol. The largest absolute Gasteiger partial charge is 0.299 e. The summed E-state index contributed by atoms with van der Waals surface area (Å²) in [5.74, 6) is 2.90. The fourth-order valence-corrected chi connectivity index (χ4v) is 5.89. The van der Waals surface area contributed by atoms with Crippen LogP contribution in [0, 0.1) is 0 Å². The lowest BCUT2D eigenvalue weighted by molar-refractivity contribution is 0.298. The highest BCUT2D eigenvalue weighted by Gasteiger charge is 2.12. The van der Waals surface area contributed by atoms with Gasteiger partial charge in [-0.3, -0.25) is 4.90 Å². The van der Waals surface area contributed by atoms with E-state index in [9.17, 15) is 0 Å². The van der Waals surface area contributed by atoms with Crippen LogP contribution in [-0.4, -0.2) is 35.4 Å². The van der Waals surface area contributed by atoms with E-state index in [1.54, 1.807) is 0 Å². The van der Waals surface area contributed by atoms with E-state index in [2.05, 4.69) is 103 Å². The summed E-state index contributed by atoms with van der Waals surface area (Å²) in [5.41, 5.74) is 3.97. The number of rotatable bonds is 9. The second kappa shape index (κ2) is 12.1. The Hall–Kier alpha value is -2.23. The number of hydrogen-bond acceptors (Lipinski definition) is 2. The van der Waals surface area contributed by atoms with Gasteiger partial charge in [0.25, 0.3) is 0 Å². The molecule has 0 heterocycles. The predicted molar refractivity (Wildman–Crippen MR) is 161 cm³/mol. The average Bonchev–Trinajstić information content (AvgIpc) is 2.89. The highest BCUT2D eigenvalue weighted by atomic mass is 35.5. The molecule has 0 amide bonds. The van der Waals surface area contributed by atoms with E-state index in [1.165, 1.54) is 49.0 Å². The Morgan fingerprint density at radius 1 is 0.714 bits per heavy atom. The first-order valence-corrected chi connectivity index (χ1v) is 13.8. The third-order valence-electron chi connectivity index (χ3n) is 6.64. The van der Waals surface area contributed by atoms with Gasteiger partial charge in [0.15, 0.2) is 0 Å². The molecule has 180 valence electrons. The normalized spacial score (nSPS) is 11.4. The van der Waals surface area contributed by atoms with E-state index in [-0.39, 0.29) is 12.4 Å². The van der Waals surface area contributed by atoms with Crippen LogP contribution in [-0.2, 0) is 6.54 Å². The lowest BCUT2D eigenvalue weighted by Gasteiger charge is -2.20. The molecule has 0 radical (unpaired) electrons. The van der Waals surface area contributed by atoms with Gasteiger partial charge < -0.3 is 0 Å². The molecule has 0 fully saturated rings. The molecule has 0 aliphatic rings. The van der Waals surface area contributed by atoms with Crippen LogP contribution in [0.15, 0.2) is 91.0 Å². The molecule has 0 atom stereocenters. The van der Waals surface area contributed by atoms with Crippen LogP contribution in [0.1, 0.15) is 12.5 Å². The maximum absolute atomic E-state index is 5.81. The molecule has 35 heavy (non-hydrogen) atoms. The van der Waals surface area contributed by atoms with Crippen LogP contribution in [0.5, 0.6) is 0 Å². The van der Waals surface area contributed by atoms with Crippen molar-refractivity contribution >= 4 is 68.1 Å². The first-order valence-electron chi connectivity index (χ1n) is 12.1. The molecule has 1 nitrogen and oxygen atoms in total. The summed E-state index contributed by atoms with van der Waals surface area (Å²) in [6, 6.07) is 33.6. The number of nitrogens with zero attached hydrogens (tertiary/aromatic N) is 1. The van der Waals surface area contributed by atoms with Gasteiger partial charge >= 0.3 is 0 Å². The van der Waals surface area contributed by atoms with Crippen LogP contribution >= 0.6 is 35.8 Å². The first kappa shape index (κ1) is 25.9. The molecular formula is C31H31Cl2NS. The maximum atomic E-state index is 5.81. The molecular weight excluding hydrogens is 489 g/mol. The molecule has 0 spiro atoms. The van der Waals surface area contributed by atoms with Crippen molar-refractivity contribution in [1.29, 1.82) is 0 Å². The van der Waals surface area contributed by atoms with E-state index in [0.29, 0.717) is 0 Å². The summed E-state index contributed by atoms with van der Waals surface area (Å²) in [7, 11) is 0. The second-order valence-corrected chi connectivity index (χ2v) is 10.3. The minimum atomic E-state index is 0. The Kier molecular flexibility index (Phi) is 8.97. The van der Waals surface area contributed by atoms with Gasteiger partial charge in [0.2, 0.25) is 0 Å². The van der Waals surface area contributed by atoms with Crippen molar-refractivity contribution < 1.29 is 0 Å². The Labute approximate surface area is 223 Å². The van der Waals surface area contributed by atoms with Gasteiger partial charge in [0.05, 0.1) is 0 Å². The van der Waals surface area contributed by atoms with Crippen molar-refractivity contribution in [3.63, 3.8) is 0 Å².